The number of halogens is 1. The van der Waals surface area contributed by atoms with Crippen LogP contribution >= 0.6 is 12.4 Å². The number of hydrogen-bond acceptors (Lipinski definition) is 8. The molecular weight excluding hydrogens is 450 g/mol. The van der Waals surface area contributed by atoms with Gasteiger partial charge in [-0.15, -0.1) is 22.5 Å². The summed E-state index contributed by atoms with van der Waals surface area (Å²) in [5.41, 5.74) is 4.86. The smallest absolute Gasteiger partial charge is 0.294 e. The van der Waals surface area contributed by atoms with E-state index in [0.29, 0.717) is 0 Å². The van der Waals surface area contributed by atoms with Crippen molar-refractivity contribution in [3.8, 4) is 0 Å². The second kappa shape index (κ2) is 10.1. The van der Waals surface area contributed by atoms with Gasteiger partial charge in [0.05, 0.1) is 30.1 Å². The van der Waals surface area contributed by atoms with Gasteiger partial charge in [-0.25, -0.2) is 4.98 Å². The second-order valence-electron chi connectivity index (χ2n) is 9.12. The fraction of sp³-hybridized carbons (Fsp3) is 0.682. The van der Waals surface area contributed by atoms with Gasteiger partial charge in [0.25, 0.3) is 5.09 Å². The van der Waals surface area contributed by atoms with Crippen molar-refractivity contribution < 1.29 is 19.4 Å². The van der Waals surface area contributed by atoms with Gasteiger partial charge in [-0.05, 0) is 50.1 Å². The zero-order valence-corrected chi connectivity index (χ0v) is 19.9. The maximum atomic E-state index is 10.7. The zero-order chi connectivity index (χ0) is 22.2. The lowest BCUT2D eigenvalue weighted by molar-refractivity contribution is -0.769. The van der Waals surface area contributed by atoms with Crippen LogP contribution in [0.15, 0.2) is 18.5 Å². The quantitative estimate of drug-likeness (QED) is 0.438. The number of piperazine rings is 1. The number of benzene rings is 1. The van der Waals surface area contributed by atoms with E-state index in [2.05, 4.69) is 45.3 Å². The number of nitrogens with zero attached hydrogens (tertiary/aromatic N) is 5. The molecule has 4 heterocycles. The Bertz CT molecular complexity index is 979. The molecule has 0 saturated carbocycles. The average molecular weight is 482 g/mol. The normalized spacial score (nSPS) is 28.1. The van der Waals surface area contributed by atoms with Gasteiger partial charge in [0.1, 0.15) is 12.3 Å². The van der Waals surface area contributed by atoms with Crippen LogP contribution in [-0.2, 0) is 20.9 Å². The summed E-state index contributed by atoms with van der Waals surface area (Å²) in [6, 6.07) is 4.40. The summed E-state index contributed by atoms with van der Waals surface area (Å²) in [4.78, 5) is 24.8. The number of hydrogen-bond donors (Lipinski definition) is 0. The van der Waals surface area contributed by atoms with Crippen LogP contribution in [-0.4, -0.2) is 88.3 Å². The Kier molecular flexibility index (Phi) is 7.40. The zero-order valence-electron chi connectivity index (χ0n) is 19.1. The van der Waals surface area contributed by atoms with Crippen molar-refractivity contribution in [1.82, 2.24) is 19.4 Å². The first kappa shape index (κ1) is 24.2. The summed E-state index contributed by atoms with van der Waals surface area (Å²) in [5, 5.41) is 9.92. The monoisotopic (exact) mass is 481 g/mol. The van der Waals surface area contributed by atoms with E-state index in [1.807, 2.05) is 6.33 Å². The Labute approximate surface area is 199 Å². The minimum absolute atomic E-state index is 0. The molecule has 3 aliphatic heterocycles. The number of aryl methyl sites for hydroxylation is 3. The molecule has 3 aliphatic rings. The maximum absolute atomic E-state index is 10.7. The lowest BCUT2D eigenvalue weighted by atomic mass is 10.1. The van der Waals surface area contributed by atoms with E-state index in [0.717, 1.165) is 57.6 Å². The summed E-state index contributed by atoms with van der Waals surface area (Å²) in [5.74, 6) is 0. The number of fused-ring (bicyclic) bond motifs is 2. The third-order valence-electron chi connectivity index (χ3n) is 7.10. The van der Waals surface area contributed by atoms with Crippen LogP contribution in [0, 0.1) is 24.0 Å². The van der Waals surface area contributed by atoms with Crippen LogP contribution in [0.3, 0.4) is 0 Å². The SMILES string of the molecule is Cc1cc2ncn(CCCN3CCN([C@@H]4C[C@H]5OC[C@H](O[N+](=O)[O-])[C@H]5O4)CC3)c2cc1C.Cl. The summed E-state index contributed by atoms with van der Waals surface area (Å²) in [6.07, 6.45) is 2.66. The Balaban J connectivity index is 0.00000259. The lowest BCUT2D eigenvalue weighted by Gasteiger charge is -2.37. The van der Waals surface area contributed by atoms with Gasteiger partial charge < -0.3 is 23.8 Å². The highest BCUT2D eigenvalue weighted by Crippen LogP contribution is 2.34. The van der Waals surface area contributed by atoms with Gasteiger partial charge in [0.2, 0.25) is 0 Å². The van der Waals surface area contributed by atoms with E-state index in [4.69, 9.17) is 14.3 Å². The first-order chi connectivity index (χ1) is 15.5. The molecule has 0 radical (unpaired) electrons. The molecule has 1 aromatic heterocycles. The molecule has 2 aromatic rings. The Morgan fingerprint density at radius 2 is 1.94 bits per heavy atom. The number of aromatic nitrogens is 2. The molecule has 0 amide bonds. The van der Waals surface area contributed by atoms with Crippen LogP contribution in [0.25, 0.3) is 11.0 Å². The van der Waals surface area contributed by atoms with Crippen molar-refractivity contribution in [3.05, 3.63) is 39.7 Å². The molecule has 0 N–H and O–H groups in total. The van der Waals surface area contributed by atoms with E-state index in [-0.39, 0.29) is 37.4 Å². The first-order valence-corrected chi connectivity index (χ1v) is 11.4. The second-order valence-corrected chi connectivity index (χ2v) is 9.12. The highest BCUT2D eigenvalue weighted by molar-refractivity contribution is 5.85. The lowest BCUT2D eigenvalue weighted by Crippen LogP contribution is -2.51. The molecule has 3 saturated heterocycles. The predicted molar refractivity (Wildman–Crippen MR) is 124 cm³/mol. The average Bonchev–Trinajstić information content (AvgIpc) is 3.45. The van der Waals surface area contributed by atoms with Gasteiger partial charge in [0, 0.05) is 39.1 Å². The van der Waals surface area contributed by atoms with E-state index >= 15 is 0 Å². The molecular formula is C22H32ClN5O5. The summed E-state index contributed by atoms with van der Waals surface area (Å²) in [6.45, 7) is 10.4. The molecule has 0 bridgehead atoms. The Morgan fingerprint density at radius 3 is 2.70 bits per heavy atom. The Morgan fingerprint density at radius 1 is 1.18 bits per heavy atom. The van der Waals surface area contributed by atoms with Crippen LogP contribution in [0.2, 0.25) is 0 Å². The van der Waals surface area contributed by atoms with Crippen LogP contribution in [0.4, 0.5) is 0 Å². The topological polar surface area (TPSA) is 95.1 Å². The van der Waals surface area contributed by atoms with Crippen LogP contribution in [0.5, 0.6) is 0 Å². The third kappa shape index (κ3) is 5.09. The van der Waals surface area contributed by atoms with Crippen molar-refractivity contribution in [2.45, 2.75) is 57.8 Å². The van der Waals surface area contributed by atoms with Crippen LogP contribution < -0.4 is 0 Å². The van der Waals surface area contributed by atoms with E-state index in [1.165, 1.54) is 16.6 Å². The van der Waals surface area contributed by atoms with Crippen molar-refractivity contribution in [2.24, 2.45) is 0 Å². The highest BCUT2D eigenvalue weighted by Gasteiger charge is 2.49. The summed E-state index contributed by atoms with van der Waals surface area (Å²) < 4.78 is 14.0. The van der Waals surface area contributed by atoms with Crippen molar-refractivity contribution in [1.29, 1.82) is 0 Å². The van der Waals surface area contributed by atoms with Crippen molar-refractivity contribution in [3.63, 3.8) is 0 Å². The summed E-state index contributed by atoms with van der Waals surface area (Å²) in [7, 11) is 0. The van der Waals surface area contributed by atoms with Crippen molar-refractivity contribution >= 4 is 23.4 Å². The fourth-order valence-corrected chi connectivity index (χ4v) is 5.13. The predicted octanol–water partition coefficient (Wildman–Crippen LogP) is 2.17. The molecule has 0 spiro atoms. The molecule has 10 nitrogen and oxygen atoms in total. The minimum Gasteiger partial charge on any atom is -0.373 e. The van der Waals surface area contributed by atoms with Crippen LogP contribution in [0.1, 0.15) is 24.0 Å². The number of imidazole rings is 1. The molecule has 4 atom stereocenters. The van der Waals surface area contributed by atoms with Crippen molar-refractivity contribution in [2.75, 3.05) is 39.3 Å². The van der Waals surface area contributed by atoms with Gasteiger partial charge in [0.15, 0.2) is 6.10 Å². The van der Waals surface area contributed by atoms with E-state index in [1.54, 1.807) is 0 Å². The third-order valence-corrected chi connectivity index (χ3v) is 7.10. The molecule has 3 fully saturated rings. The Hall–Kier alpha value is -1.98. The summed E-state index contributed by atoms with van der Waals surface area (Å²) >= 11 is 0. The molecule has 182 valence electrons. The largest absolute Gasteiger partial charge is 0.373 e. The molecule has 1 aromatic carbocycles. The standard InChI is InChI=1S/C22H31N5O5.ClH/c1-15-10-17-18(11-16(15)2)26(14-23-17)5-3-4-24-6-8-25(9-7-24)21-12-19-22(31-21)20(13-30-19)32-27(28)29;/h10-11,14,19-22H,3-9,12-13H2,1-2H3;1H/t19-,20+,21+,22+;/m1./s1. The van der Waals surface area contributed by atoms with Gasteiger partial charge in [-0.3, -0.25) is 4.90 Å². The van der Waals surface area contributed by atoms with Gasteiger partial charge >= 0.3 is 0 Å². The van der Waals surface area contributed by atoms with E-state index in [9.17, 15) is 10.1 Å². The maximum Gasteiger partial charge on any atom is 0.294 e. The van der Waals surface area contributed by atoms with E-state index < -0.39 is 11.2 Å². The molecule has 11 heteroatoms. The molecule has 33 heavy (non-hydrogen) atoms. The highest BCUT2D eigenvalue weighted by atomic mass is 35.5. The minimum atomic E-state index is -0.749. The first-order valence-electron chi connectivity index (χ1n) is 11.4. The van der Waals surface area contributed by atoms with Gasteiger partial charge in [-0.2, -0.15) is 0 Å². The molecule has 0 aliphatic carbocycles. The number of ether oxygens (including phenoxy) is 2. The molecule has 0 unspecified atom stereocenters. The fourth-order valence-electron chi connectivity index (χ4n) is 5.13. The van der Waals surface area contributed by atoms with Gasteiger partial charge in [-0.1, -0.05) is 0 Å². The number of rotatable bonds is 7. The molecule has 5 rings (SSSR count).